The van der Waals surface area contributed by atoms with Gasteiger partial charge in [-0.15, -0.1) is 0 Å². The first kappa shape index (κ1) is 14.0. The van der Waals surface area contributed by atoms with Gasteiger partial charge in [0.05, 0.1) is 25.4 Å². The molecule has 0 unspecified atom stereocenters. The monoisotopic (exact) mass is 279 g/mol. The van der Waals surface area contributed by atoms with Gasteiger partial charge in [0.2, 0.25) is 0 Å². The normalized spacial score (nSPS) is 28.3. The number of hydrogen-bond donors (Lipinski definition) is 0. The number of likely N-dealkylation sites (tertiary alicyclic amines) is 1. The molecule has 0 radical (unpaired) electrons. The Morgan fingerprint density at radius 2 is 2.15 bits per heavy atom. The molecule has 2 aliphatic heterocycles. The van der Waals surface area contributed by atoms with E-state index in [-0.39, 0.29) is 11.9 Å². The first-order valence-electron chi connectivity index (χ1n) is 7.36. The van der Waals surface area contributed by atoms with Crippen molar-refractivity contribution in [1.82, 2.24) is 4.90 Å². The molecule has 0 saturated carbocycles. The molecule has 0 aliphatic carbocycles. The van der Waals surface area contributed by atoms with Gasteiger partial charge >= 0.3 is 0 Å². The molecule has 1 aromatic rings. The summed E-state index contributed by atoms with van der Waals surface area (Å²) in [4.78, 5) is 2.48. The van der Waals surface area contributed by atoms with Gasteiger partial charge < -0.3 is 9.47 Å². The third kappa shape index (κ3) is 2.87. The second kappa shape index (κ2) is 6.20. The largest absolute Gasteiger partial charge is 0.381 e. The van der Waals surface area contributed by atoms with Crippen LogP contribution >= 0.6 is 0 Å². The average Bonchev–Trinajstić information content (AvgIpc) is 2.40. The summed E-state index contributed by atoms with van der Waals surface area (Å²) in [6.07, 6.45) is 1.99. The first-order valence-corrected chi connectivity index (χ1v) is 7.36. The van der Waals surface area contributed by atoms with Crippen LogP contribution in [0.5, 0.6) is 0 Å². The Bertz CT molecular complexity index is 450. The number of piperidine rings is 1. The molecule has 3 nitrogen and oxygen atoms in total. The lowest BCUT2D eigenvalue weighted by atomic mass is 9.87. The fourth-order valence-electron chi connectivity index (χ4n) is 3.26. The second-order valence-electron chi connectivity index (χ2n) is 5.80. The van der Waals surface area contributed by atoms with Crippen LogP contribution in [0.4, 0.5) is 4.39 Å². The van der Waals surface area contributed by atoms with Gasteiger partial charge in [0.1, 0.15) is 5.82 Å². The standard InChI is InChI=1S/C16H22FNO2/c1-19-16-6-7-18(14-10-20-11-14)9-13(16)8-12-4-2-3-5-15(12)17/h2-5,13-14,16H,6-11H2,1H3/t13-,16-/m1/s1. The van der Waals surface area contributed by atoms with Crippen LogP contribution < -0.4 is 0 Å². The number of rotatable bonds is 4. The number of halogens is 1. The van der Waals surface area contributed by atoms with Crippen LogP contribution in [-0.4, -0.2) is 50.5 Å². The molecule has 110 valence electrons. The van der Waals surface area contributed by atoms with E-state index in [0.717, 1.165) is 44.7 Å². The highest BCUT2D eigenvalue weighted by atomic mass is 19.1. The van der Waals surface area contributed by atoms with E-state index in [2.05, 4.69) is 4.90 Å². The van der Waals surface area contributed by atoms with Crippen molar-refractivity contribution in [2.24, 2.45) is 5.92 Å². The quantitative estimate of drug-likeness (QED) is 0.842. The number of hydrogen-bond acceptors (Lipinski definition) is 3. The van der Waals surface area contributed by atoms with E-state index in [1.54, 1.807) is 13.2 Å². The minimum absolute atomic E-state index is 0.105. The fraction of sp³-hybridized carbons (Fsp3) is 0.625. The first-order chi connectivity index (χ1) is 9.78. The second-order valence-corrected chi connectivity index (χ2v) is 5.80. The minimum atomic E-state index is -0.105. The molecule has 2 aliphatic rings. The summed E-state index contributed by atoms with van der Waals surface area (Å²) in [6, 6.07) is 7.62. The van der Waals surface area contributed by atoms with Gasteiger partial charge in [0.15, 0.2) is 0 Å². The van der Waals surface area contributed by atoms with Crippen molar-refractivity contribution in [3.8, 4) is 0 Å². The van der Waals surface area contributed by atoms with Crippen molar-refractivity contribution in [2.45, 2.75) is 25.0 Å². The molecule has 2 fully saturated rings. The van der Waals surface area contributed by atoms with Crippen molar-refractivity contribution >= 4 is 0 Å². The highest BCUT2D eigenvalue weighted by Gasteiger charge is 2.35. The molecular weight excluding hydrogens is 257 g/mol. The summed E-state index contributed by atoms with van der Waals surface area (Å²) in [6.45, 7) is 3.70. The maximum atomic E-state index is 13.8. The topological polar surface area (TPSA) is 21.7 Å². The van der Waals surface area contributed by atoms with Crippen molar-refractivity contribution in [3.05, 3.63) is 35.6 Å². The number of ether oxygens (including phenoxy) is 2. The third-order valence-electron chi connectivity index (χ3n) is 4.58. The Morgan fingerprint density at radius 3 is 2.80 bits per heavy atom. The third-order valence-corrected chi connectivity index (χ3v) is 4.58. The molecule has 4 heteroatoms. The SMILES string of the molecule is CO[C@@H]1CCN(C2COC2)C[C@H]1Cc1ccccc1F. The fourth-order valence-corrected chi connectivity index (χ4v) is 3.26. The summed E-state index contributed by atoms with van der Waals surface area (Å²) in [5, 5.41) is 0. The van der Waals surface area contributed by atoms with Crippen molar-refractivity contribution in [2.75, 3.05) is 33.4 Å². The maximum Gasteiger partial charge on any atom is 0.126 e. The lowest BCUT2D eigenvalue weighted by Gasteiger charge is -2.44. The molecule has 0 amide bonds. The molecular formula is C16H22FNO2. The minimum Gasteiger partial charge on any atom is -0.381 e. The van der Waals surface area contributed by atoms with Crippen LogP contribution in [0.1, 0.15) is 12.0 Å². The molecule has 0 spiro atoms. The predicted octanol–water partition coefficient (Wildman–Crippen LogP) is 2.10. The summed E-state index contributed by atoms with van der Waals surface area (Å²) in [5.41, 5.74) is 0.797. The van der Waals surface area contributed by atoms with E-state index in [1.165, 1.54) is 6.07 Å². The average molecular weight is 279 g/mol. The number of methoxy groups -OCH3 is 1. The summed E-state index contributed by atoms with van der Waals surface area (Å²) >= 11 is 0. The van der Waals surface area contributed by atoms with Crippen LogP contribution in [0.15, 0.2) is 24.3 Å². The molecule has 20 heavy (non-hydrogen) atoms. The summed E-state index contributed by atoms with van der Waals surface area (Å²) in [7, 11) is 1.77. The van der Waals surface area contributed by atoms with Crippen LogP contribution in [-0.2, 0) is 15.9 Å². The Balaban J connectivity index is 1.69. The zero-order valence-electron chi connectivity index (χ0n) is 11.9. The molecule has 0 aromatic heterocycles. The van der Waals surface area contributed by atoms with E-state index >= 15 is 0 Å². The van der Waals surface area contributed by atoms with Gasteiger partial charge in [-0.3, -0.25) is 4.90 Å². The van der Waals surface area contributed by atoms with E-state index in [0.29, 0.717) is 12.0 Å². The highest BCUT2D eigenvalue weighted by Crippen LogP contribution is 2.27. The lowest BCUT2D eigenvalue weighted by molar-refractivity contribution is -0.0976. The Labute approximate surface area is 119 Å². The van der Waals surface area contributed by atoms with Crippen LogP contribution in [0.25, 0.3) is 0 Å². The molecule has 0 N–H and O–H groups in total. The highest BCUT2D eigenvalue weighted by molar-refractivity contribution is 5.18. The molecule has 2 atom stereocenters. The van der Waals surface area contributed by atoms with Gasteiger partial charge in [-0.1, -0.05) is 18.2 Å². The van der Waals surface area contributed by atoms with Gasteiger partial charge in [0, 0.05) is 26.1 Å². The van der Waals surface area contributed by atoms with Gasteiger partial charge in [-0.2, -0.15) is 0 Å². The predicted molar refractivity (Wildman–Crippen MR) is 75.2 cm³/mol. The van der Waals surface area contributed by atoms with Crippen LogP contribution in [0, 0.1) is 11.7 Å². The van der Waals surface area contributed by atoms with Crippen LogP contribution in [0.2, 0.25) is 0 Å². The Hall–Kier alpha value is -0.970. The molecule has 3 rings (SSSR count). The smallest absolute Gasteiger partial charge is 0.126 e. The van der Waals surface area contributed by atoms with E-state index in [9.17, 15) is 4.39 Å². The zero-order valence-corrected chi connectivity index (χ0v) is 11.9. The number of nitrogens with zero attached hydrogens (tertiary/aromatic N) is 1. The summed E-state index contributed by atoms with van der Waals surface area (Å²) < 4.78 is 24.7. The number of benzene rings is 1. The Morgan fingerprint density at radius 1 is 1.35 bits per heavy atom. The van der Waals surface area contributed by atoms with E-state index in [4.69, 9.17) is 9.47 Å². The van der Waals surface area contributed by atoms with E-state index in [1.807, 2.05) is 12.1 Å². The summed E-state index contributed by atoms with van der Waals surface area (Å²) in [5.74, 6) is 0.248. The molecule has 2 saturated heterocycles. The molecule has 1 aromatic carbocycles. The van der Waals surface area contributed by atoms with Crippen LogP contribution in [0.3, 0.4) is 0 Å². The zero-order chi connectivity index (χ0) is 13.9. The van der Waals surface area contributed by atoms with Gasteiger partial charge in [-0.25, -0.2) is 4.39 Å². The van der Waals surface area contributed by atoms with Gasteiger partial charge in [0.25, 0.3) is 0 Å². The maximum absolute atomic E-state index is 13.8. The van der Waals surface area contributed by atoms with Crippen molar-refractivity contribution in [1.29, 1.82) is 0 Å². The lowest BCUT2D eigenvalue weighted by Crippen LogP contribution is -2.55. The molecule has 0 bridgehead atoms. The Kier molecular flexibility index (Phi) is 4.34. The van der Waals surface area contributed by atoms with Crippen molar-refractivity contribution in [3.63, 3.8) is 0 Å². The van der Waals surface area contributed by atoms with Crippen molar-refractivity contribution < 1.29 is 13.9 Å². The molecule has 2 heterocycles. The van der Waals surface area contributed by atoms with Gasteiger partial charge in [-0.05, 0) is 24.5 Å². The van der Waals surface area contributed by atoms with E-state index < -0.39 is 0 Å².